The quantitative estimate of drug-likeness (QED) is 0.764. The van der Waals surface area contributed by atoms with Crippen LogP contribution in [0.15, 0.2) is 30.3 Å². The maximum Gasteiger partial charge on any atom is 0.0101 e. The summed E-state index contributed by atoms with van der Waals surface area (Å²) in [6.07, 6.45) is 6.81. The number of benzene rings is 1. The fourth-order valence-electron chi connectivity index (χ4n) is 3.88. The van der Waals surface area contributed by atoms with Crippen molar-refractivity contribution in [2.24, 2.45) is 17.6 Å². The van der Waals surface area contributed by atoms with Crippen LogP contribution in [0.2, 0.25) is 0 Å². The molecule has 0 heterocycles. The van der Waals surface area contributed by atoms with Crippen LogP contribution in [-0.4, -0.2) is 6.04 Å². The highest BCUT2D eigenvalue weighted by Gasteiger charge is 2.39. The average molecular weight is 215 g/mol. The Morgan fingerprint density at radius 2 is 1.75 bits per heavy atom. The van der Waals surface area contributed by atoms with Crippen LogP contribution < -0.4 is 5.73 Å². The first-order valence-electron chi connectivity index (χ1n) is 6.67. The standard InChI is InChI=1S/C15H21N/c16-15-12-7-4-8-14(15)13(10-9-12)11-5-2-1-3-6-11/h1-3,5-6,12-15H,4,7-10,16H2/t12-,13-,14+,15?/m0/s1. The molecule has 0 saturated heterocycles. The summed E-state index contributed by atoms with van der Waals surface area (Å²) < 4.78 is 0. The van der Waals surface area contributed by atoms with Crippen molar-refractivity contribution in [3.63, 3.8) is 0 Å². The number of hydrogen-bond donors (Lipinski definition) is 1. The van der Waals surface area contributed by atoms with Crippen molar-refractivity contribution in [3.8, 4) is 0 Å². The van der Waals surface area contributed by atoms with Crippen LogP contribution in [0.3, 0.4) is 0 Å². The molecule has 0 radical (unpaired) electrons. The normalized spacial score (nSPS) is 38.3. The van der Waals surface area contributed by atoms with Gasteiger partial charge in [0.25, 0.3) is 0 Å². The fraction of sp³-hybridized carbons (Fsp3) is 0.600. The Hall–Kier alpha value is -0.820. The predicted molar refractivity (Wildman–Crippen MR) is 67.2 cm³/mol. The van der Waals surface area contributed by atoms with Crippen molar-refractivity contribution in [1.82, 2.24) is 0 Å². The first-order chi connectivity index (χ1) is 7.86. The van der Waals surface area contributed by atoms with E-state index in [-0.39, 0.29) is 0 Å². The maximum atomic E-state index is 6.41. The SMILES string of the molecule is NC1[C@H]2CCC[C@@H]1[C@H](c1ccccc1)CC2. The van der Waals surface area contributed by atoms with Crippen molar-refractivity contribution in [3.05, 3.63) is 35.9 Å². The lowest BCUT2D eigenvalue weighted by Gasteiger charge is -2.45. The molecular formula is C15H21N. The minimum absolute atomic E-state index is 0.465. The van der Waals surface area contributed by atoms with E-state index in [9.17, 15) is 0 Å². The molecule has 1 unspecified atom stereocenters. The predicted octanol–water partition coefficient (Wildman–Crippen LogP) is 3.31. The highest BCUT2D eigenvalue weighted by atomic mass is 14.7. The van der Waals surface area contributed by atoms with Crippen LogP contribution in [0.1, 0.15) is 43.6 Å². The smallest absolute Gasteiger partial charge is 0.0101 e. The van der Waals surface area contributed by atoms with Crippen molar-refractivity contribution < 1.29 is 0 Å². The van der Waals surface area contributed by atoms with Crippen molar-refractivity contribution in [2.75, 3.05) is 0 Å². The van der Waals surface area contributed by atoms with Gasteiger partial charge in [0.05, 0.1) is 0 Å². The third-order valence-corrected chi connectivity index (χ3v) is 4.74. The van der Waals surface area contributed by atoms with Gasteiger partial charge in [-0.15, -0.1) is 0 Å². The van der Waals surface area contributed by atoms with Crippen LogP contribution in [0.25, 0.3) is 0 Å². The lowest BCUT2D eigenvalue weighted by molar-refractivity contribution is 0.128. The summed E-state index contributed by atoms with van der Waals surface area (Å²) in [5.41, 5.74) is 7.93. The molecule has 86 valence electrons. The summed E-state index contributed by atoms with van der Waals surface area (Å²) in [5, 5.41) is 0. The summed E-state index contributed by atoms with van der Waals surface area (Å²) in [4.78, 5) is 0. The van der Waals surface area contributed by atoms with Gasteiger partial charge in [-0.1, -0.05) is 36.8 Å². The van der Waals surface area contributed by atoms with E-state index in [2.05, 4.69) is 30.3 Å². The summed E-state index contributed by atoms with van der Waals surface area (Å²) in [6.45, 7) is 0. The minimum atomic E-state index is 0.465. The average Bonchev–Trinajstić information content (AvgIpc) is 2.30. The molecular weight excluding hydrogens is 194 g/mol. The minimum Gasteiger partial charge on any atom is -0.327 e. The Kier molecular flexibility index (Phi) is 2.72. The van der Waals surface area contributed by atoms with Gasteiger partial charge in [-0.25, -0.2) is 0 Å². The van der Waals surface area contributed by atoms with E-state index in [1.165, 1.54) is 37.7 Å². The van der Waals surface area contributed by atoms with E-state index < -0.39 is 0 Å². The summed E-state index contributed by atoms with van der Waals surface area (Å²) in [5.74, 6) is 2.29. The number of rotatable bonds is 1. The zero-order chi connectivity index (χ0) is 11.0. The van der Waals surface area contributed by atoms with Crippen LogP contribution in [-0.2, 0) is 0 Å². The van der Waals surface area contributed by atoms with Crippen LogP contribution in [0.4, 0.5) is 0 Å². The molecule has 1 aromatic rings. The monoisotopic (exact) mass is 215 g/mol. The van der Waals surface area contributed by atoms with E-state index >= 15 is 0 Å². The van der Waals surface area contributed by atoms with E-state index in [4.69, 9.17) is 5.73 Å². The third-order valence-electron chi connectivity index (χ3n) is 4.74. The molecule has 2 saturated carbocycles. The van der Waals surface area contributed by atoms with Crippen LogP contribution in [0, 0.1) is 11.8 Å². The maximum absolute atomic E-state index is 6.41. The molecule has 4 atom stereocenters. The summed E-state index contributed by atoms with van der Waals surface area (Å²) in [7, 11) is 0. The van der Waals surface area contributed by atoms with Gasteiger partial charge in [0.2, 0.25) is 0 Å². The summed E-state index contributed by atoms with van der Waals surface area (Å²) in [6, 6.07) is 11.5. The number of hydrogen-bond acceptors (Lipinski definition) is 1. The van der Waals surface area contributed by atoms with Crippen molar-refractivity contribution >= 4 is 0 Å². The Morgan fingerprint density at radius 1 is 0.938 bits per heavy atom. The molecule has 2 N–H and O–H groups in total. The van der Waals surface area contributed by atoms with E-state index in [0.29, 0.717) is 6.04 Å². The lowest BCUT2D eigenvalue weighted by atomic mass is 9.62. The second-order valence-electron chi connectivity index (χ2n) is 5.53. The van der Waals surface area contributed by atoms with E-state index in [0.717, 1.165) is 17.8 Å². The Balaban J connectivity index is 1.86. The zero-order valence-electron chi connectivity index (χ0n) is 9.81. The largest absolute Gasteiger partial charge is 0.327 e. The Labute approximate surface area is 98.0 Å². The van der Waals surface area contributed by atoms with Gasteiger partial charge >= 0.3 is 0 Å². The van der Waals surface area contributed by atoms with Gasteiger partial charge in [-0.05, 0) is 49.0 Å². The third kappa shape index (κ3) is 1.67. The number of fused-ring (bicyclic) bond motifs is 2. The number of nitrogens with two attached hydrogens (primary N) is 1. The molecule has 1 nitrogen and oxygen atoms in total. The lowest BCUT2D eigenvalue weighted by Crippen LogP contribution is -2.46. The molecule has 0 aliphatic heterocycles. The first kappa shape index (κ1) is 10.3. The van der Waals surface area contributed by atoms with Gasteiger partial charge in [-0.2, -0.15) is 0 Å². The van der Waals surface area contributed by atoms with Gasteiger partial charge < -0.3 is 5.73 Å². The Bertz CT molecular complexity index is 346. The molecule has 0 amide bonds. The van der Waals surface area contributed by atoms with Gasteiger partial charge in [0, 0.05) is 6.04 Å². The van der Waals surface area contributed by atoms with Crippen molar-refractivity contribution in [2.45, 2.75) is 44.1 Å². The zero-order valence-corrected chi connectivity index (χ0v) is 9.81. The molecule has 2 aliphatic carbocycles. The highest BCUT2D eigenvalue weighted by Crippen LogP contribution is 2.46. The van der Waals surface area contributed by atoms with Gasteiger partial charge in [0.15, 0.2) is 0 Å². The van der Waals surface area contributed by atoms with E-state index in [1.807, 2.05) is 0 Å². The second kappa shape index (κ2) is 4.21. The molecule has 0 spiro atoms. The molecule has 1 aromatic carbocycles. The van der Waals surface area contributed by atoms with Crippen LogP contribution in [0.5, 0.6) is 0 Å². The molecule has 3 rings (SSSR count). The van der Waals surface area contributed by atoms with Crippen molar-refractivity contribution in [1.29, 1.82) is 0 Å². The summed E-state index contributed by atoms with van der Waals surface area (Å²) >= 11 is 0. The molecule has 1 heteroatoms. The molecule has 2 fully saturated rings. The van der Waals surface area contributed by atoms with Crippen LogP contribution >= 0.6 is 0 Å². The topological polar surface area (TPSA) is 26.0 Å². The highest BCUT2D eigenvalue weighted by molar-refractivity contribution is 5.22. The van der Waals surface area contributed by atoms with Gasteiger partial charge in [-0.3, -0.25) is 0 Å². The molecule has 2 aliphatic rings. The Morgan fingerprint density at radius 3 is 2.56 bits per heavy atom. The molecule has 16 heavy (non-hydrogen) atoms. The van der Waals surface area contributed by atoms with E-state index in [1.54, 1.807) is 0 Å². The molecule has 0 aromatic heterocycles. The molecule has 2 bridgehead atoms. The second-order valence-corrected chi connectivity index (χ2v) is 5.53. The fourth-order valence-corrected chi connectivity index (χ4v) is 3.88. The van der Waals surface area contributed by atoms with Gasteiger partial charge in [0.1, 0.15) is 0 Å². The first-order valence-corrected chi connectivity index (χ1v) is 6.67.